The predicted molar refractivity (Wildman–Crippen MR) is 129 cm³/mol. The van der Waals surface area contributed by atoms with E-state index in [-0.39, 0.29) is 17.4 Å². The van der Waals surface area contributed by atoms with Crippen molar-refractivity contribution >= 4 is 34.7 Å². The van der Waals surface area contributed by atoms with E-state index in [4.69, 9.17) is 11.5 Å². The predicted octanol–water partition coefficient (Wildman–Crippen LogP) is 2.99. The Bertz CT molecular complexity index is 1120. The van der Waals surface area contributed by atoms with E-state index in [1.165, 1.54) is 6.08 Å². The minimum Gasteiger partial charge on any atom is -0.400 e. The Morgan fingerprint density at radius 1 is 1.12 bits per heavy atom. The summed E-state index contributed by atoms with van der Waals surface area (Å²) >= 11 is 0. The van der Waals surface area contributed by atoms with Gasteiger partial charge in [-0.2, -0.15) is 0 Å². The molecule has 2 aromatic carbocycles. The third kappa shape index (κ3) is 4.87. The molecule has 0 aliphatic carbocycles. The molecule has 0 aromatic heterocycles. The number of rotatable bonds is 6. The molecule has 1 aliphatic rings. The van der Waals surface area contributed by atoms with Crippen LogP contribution in [-0.4, -0.2) is 41.7 Å². The number of likely N-dealkylation sites (N-methyl/N-ethyl adjacent to an activating group) is 1. The number of nitrogens with zero attached hydrogens (tertiary/aromatic N) is 2. The molecule has 0 radical (unpaired) electrons. The molecule has 32 heavy (non-hydrogen) atoms. The van der Waals surface area contributed by atoms with Gasteiger partial charge >= 0.3 is 0 Å². The Kier molecular flexibility index (Phi) is 6.45. The molecule has 0 spiro atoms. The highest BCUT2D eigenvalue weighted by atomic mass is 16.2. The molecule has 3 rings (SSSR count). The van der Waals surface area contributed by atoms with Crippen LogP contribution in [0.5, 0.6) is 0 Å². The number of anilines is 2. The molecule has 166 valence electrons. The molecule has 0 bridgehead atoms. The van der Waals surface area contributed by atoms with E-state index in [1.54, 1.807) is 48.5 Å². The topological polar surface area (TPSA) is 126 Å². The van der Waals surface area contributed by atoms with Gasteiger partial charge in [0.05, 0.1) is 11.2 Å². The lowest BCUT2D eigenvalue weighted by molar-refractivity contribution is -0.111. The Morgan fingerprint density at radius 3 is 2.41 bits per heavy atom. The number of amidine groups is 1. The minimum absolute atomic E-state index is 0.282. The standard InChI is InChI=1S/C24H28N6O2/c1-5-20(31)27-16-11-9-15(10-12-16)23(32)29-18-8-6-7-17(13-18)28-22(26)19-14-30(4)24(2,3)21(19)25/h5-13H,1,14,25H2,2-4H3,(H2,26,28)(H,27,31)(H,29,32). The third-order valence-corrected chi connectivity index (χ3v) is 5.60. The van der Waals surface area contributed by atoms with Gasteiger partial charge in [-0.25, -0.2) is 4.99 Å². The number of nitrogens with one attached hydrogen (secondary N) is 2. The van der Waals surface area contributed by atoms with Crippen molar-refractivity contribution in [2.75, 3.05) is 24.2 Å². The van der Waals surface area contributed by atoms with Crippen molar-refractivity contribution in [3.05, 3.63) is 78.0 Å². The van der Waals surface area contributed by atoms with Gasteiger partial charge in [-0.3, -0.25) is 14.5 Å². The van der Waals surface area contributed by atoms with Crippen LogP contribution in [0.15, 0.2) is 77.4 Å². The van der Waals surface area contributed by atoms with Crippen LogP contribution in [0.25, 0.3) is 0 Å². The normalized spacial score (nSPS) is 16.0. The van der Waals surface area contributed by atoms with Crippen LogP contribution in [0.3, 0.4) is 0 Å². The zero-order valence-electron chi connectivity index (χ0n) is 18.5. The van der Waals surface area contributed by atoms with Gasteiger partial charge < -0.3 is 22.1 Å². The highest BCUT2D eigenvalue weighted by molar-refractivity contribution is 6.05. The van der Waals surface area contributed by atoms with Crippen LogP contribution < -0.4 is 22.1 Å². The SMILES string of the molecule is C=CC(=O)Nc1ccc(C(=O)Nc2cccc(N=C(N)C3=C(N)C(C)(C)N(C)C3)c2)cc1. The first-order valence-corrected chi connectivity index (χ1v) is 10.1. The molecule has 8 heteroatoms. The molecular weight excluding hydrogens is 404 g/mol. The average molecular weight is 433 g/mol. The van der Waals surface area contributed by atoms with Crippen LogP contribution in [0.2, 0.25) is 0 Å². The first-order chi connectivity index (χ1) is 15.1. The second-order valence-corrected chi connectivity index (χ2v) is 8.08. The Balaban J connectivity index is 1.73. The fourth-order valence-corrected chi connectivity index (χ4v) is 3.28. The molecule has 0 atom stereocenters. The van der Waals surface area contributed by atoms with E-state index >= 15 is 0 Å². The first kappa shape index (κ1) is 22.8. The second-order valence-electron chi connectivity index (χ2n) is 8.08. The van der Waals surface area contributed by atoms with Crippen molar-refractivity contribution in [3.63, 3.8) is 0 Å². The number of amides is 2. The van der Waals surface area contributed by atoms with Crippen molar-refractivity contribution < 1.29 is 9.59 Å². The van der Waals surface area contributed by atoms with Gasteiger partial charge in [-0.1, -0.05) is 12.6 Å². The summed E-state index contributed by atoms with van der Waals surface area (Å²) < 4.78 is 0. The molecule has 0 saturated carbocycles. The summed E-state index contributed by atoms with van der Waals surface area (Å²) in [6.07, 6.45) is 1.18. The lowest BCUT2D eigenvalue weighted by Gasteiger charge is -2.28. The van der Waals surface area contributed by atoms with Crippen LogP contribution in [0.4, 0.5) is 17.1 Å². The van der Waals surface area contributed by atoms with E-state index in [0.717, 1.165) is 5.57 Å². The van der Waals surface area contributed by atoms with Crippen LogP contribution >= 0.6 is 0 Å². The molecule has 0 unspecified atom stereocenters. The zero-order valence-corrected chi connectivity index (χ0v) is 18.5. The van der Waals surface area contributed by atoms with Gasteiger partial charge in [0.15, 0.2) is 0 Å². The van der Waals surface area contributed by atoms with Gasteiger partial charge in [-0.05, 0) is 69.4 Å². The molecule has 2 amide bonds. The van der Waals surface area contributed by atoms with Crippen LogP contribution in [-0.2, 0) is 4.79 Å². The van der Waals surface area contributed by atoms with Crippen molar-refractivity contribution in [2.24, 2.45) is 16.5 Å². The first-order valence-electron chi connectivity index (χ1n) is 10.1. The molecule has 0 saturated heterocycles. The van der Waals surface area contributed by atoms with Gasteiger partial charge in [0.2, 0.25) is 5.91 Å². The number of carbonyl (C=O) groups is 2. The van der Waals surface area contributed by atoms with Crippen molar-refractivity contribution in [1.29, 1.82) is 0 Å². The molecule has 1 aliphatic heterocycles. The minimum atomic E-state index is -0.316. The quantitative estimate of drug-likeness (QED) is 0.317. The van der Waals surface area contributed by atoms with Crippen LogP contribution in [0, 0.1) is 0 Å². The fourth-order valence-electron chi connectivity index (χ4n) is 3.28. The summed E-state index contributed by atoms with van der Waals surface area (Å²) in [5.74, 6) is -0.239. The highest BCUT2D eigenvalue weighted by Crippen LogP contribution is 2.30. The fraction of sp³-hybridized carbons (Fsp3) is 0.208. The molecule has 2 aromatic rings. The molecule has 1 heterocycles. The summed E-state index contributed by atoms with van der Waals surface area (Å²) in [6, 6.07) is 13.7. The van der Waals surface area contributed by atoms with Crippen molar-refractivity contribution in [1.82, 2.24) is 4.90 Å². The van der Waals surface area contributed by atoms with Gasteiger partial charge in [0, 0.05) is 34.8 Å². The average Bonchev–Trinajstić information content (AvgIpc) is 2.97. The summed E-state index contributed by atoms with van der Waals surface area (Å²) in [5.41, 5.74) is 16.0. The van der Waals surface area contributed by atoms with E-state index < -0.39 is 0 Å². The maximum atomic E-state index is 12.6. The molecule has 6 N–H and O–H groups in total. The maximum absolute atomic E-state index is 12.6. The molecule has 8 nitrogen and oxygen atoms in total. The Hall–Kier alpha value is -3.91. The maximum Gasteiger partial charge on any atom is 0.255 e. The number of carbonyl (C=O) groups excluding carboxylic acids is 2. The number of benzene rings is 2. The summed E-state index contributed by atoms with van der Waals surface area (Å²) in [7, 11) is 1.99. The highest BCUT2D eigenvalue weighted by Gasteiger charge is 2.36. The van der Waals surface area contributed by atoms with Crippen molar-refractivity contribution in [2.45, 2.75) is 19.4 Å². The number of hydrogen-bond acceptors (Lipinski definition) is 5. The van der Waals surface area contributed by atoms with Crippen LogP contribution in [0.1, 0.15) is 24.2 Å². The van der Waals surface area contributed by atoms with Gasteiger partial charge in [0.1, 0.15) is 5.84 Å². The van der Waals surface area contributed by atoms with E-state index in [9.17, 15) is 9.59 Å². The lowest BCUT2D eigenvalue weighted by atomic mass is 10.0. The number of aliphatic imine (C=N–C) groups is 1. The van der Waals surface area contributed by atoms with E-state index in [1.807, 2.05) is 20.9 Å². The smallest absolute Gasteiger partial charge is 0.255 e. The Labute approximate surface area is 187 Å². The number of nitrogens with two attached hydrogens (primary N) is 2. The summed E-state index contributed by atoms with van der Waals surface area (Å²) in [4.78, 5) is 30.6. The second kappa shape index (κ2) is 9.07. The number of hydrogen-bond donors (Lipinski definition) is 4. The Morgan fingerprint density at radius 2 is 1.81 bits per heavy atom. The monoisotopic (exact) mass is 432 g/mol. The largest absolute Gasteiger partial charge is 0.400 e. The van der Waals surface area contributed by atoms with Crippen molar-refractivity contribution in [3.8, 4) is 0 Å². The molecular formula is C24H28N6O2. The molecule has 0 fully saturated rings. The van der Waals surface area contributed by atoms with E-state index in [2.05, 4.69) is 27.1 Å². The third-order valence-electron chi connectivity index (χ3n) is 5.60. The summed E-state index contributed by atoms with van der Waals surface area (Å²) in [6.45, 7) is 8.11. The van der Waals surface area contributed by atoms with Gasteiger partial charge in [-0.15, -0.1) is 0 Å². The zero-order chi connectivity index (χ0) is 23.5. The van der Waals surface area contributed by atoms with Gasteiger partial charge in [0.25, 0.3) is 5.91 Å². The van der Waals surface area contributed by atoms with E-state index in [0.29, 0.717) is 40.7 Å². The lowest BCUT2D eigenvalue weighted by Crippen LogP contribution is -2.40. The summed E-state index contributed by atoms with van der Waals surface area (Å²) in [5, 5.41) is 5.48.